The van der Waals surface area contributed by atoms with Gasteiger partial charge in [0.05, 0.1) is 0 Å². The molecule has 2 saturated carbocycles. The topological polar surface area (TPSA) is 20.2 Å². The molecule has 2 fully saturated rings. The van der Waals surface area contributed by atoms with Gasteiger partial charge < -0.3 is 5.11 Å². The molecule has 0 spiro atoms. The maximum atomic E-state index is 11.2. The summed E-state index contributed by atoms with van der Waals surface area (Å²) in [4.78, 5) is 0. The fraction of sp³-hybridized carbons (Fsp3) is 0.909. The molecular formula is C22H38O. The van der Waals surface area contributed by atoms with Crippen molar-refractivity contribution in [2.24, 2.45) is 11.8 Å². The predicted octanol–water partition coefficient (Wildman–Crippen LogP) is 6.24. The third-order valence-electron chi connectivity index (χ3n) is 5.88. The standard InChI is InChI=1S/C22H38O/c1-2-3-4-14-17-22(23)18-15-12-10-8-6-5-7-9-11-13-16-20-19-21(20)22/h20-21,23H,2-13,15-16,18-19H2,1H3/t20-,21+,22+/m1/s1. The minimum Gasteiger partial charge on any atom is -0.377 e. The molecule has 0 heterocycles. The van der Waals surface area contributed by atoms with Crippen LogP contribution < -0.4 is 0 Å². The Bertz CT molecular complexity index is 377. The van der Waals surface area contributed by atoms with Crippen molar-refractivity contribution in [3.05, 3.63) is 0 Å². The normalized spacial score (nSPS) is 33.5. The maximum Gasteiger partial charge on any atom is 0.128 e. The fourth-order valence-corrected chi connectivity index (χ4v) is 4.19. The summed E-state index contributed by atoms with van der Waals surface area (Å²) in [7, 11) is 0. The summed E-state index contributed by atoms with van der Waals surface area (Å²) in [6.07, 6.45) is 20.4. The van der Waals surface area contributed by atoms with E-state index in [0.29, 0.717) is 5.92 Å². The molecule has 3 atom stereocenters. The monoisotopic (exact) mass is 318 g/mol. The van der Waals surface area contributed by atoms with E-state index in [9.17, 15) is 5.11 Å². The summed E-state index contributed by atoms with van der Waals surface area (Å²) in [5, 5.41) is 11.2. The van der Waals surface area contributed by atoms with Gasteiger partial charge in [0.25, 0.3) is 0 Å². The smallest absolute Gasteiger partial charge is 0.128 e. The molecule has 1 nitrogen and oxygen atoms in total. The fourth-order valence-electron chi connectivity index (χ4n) is 4.19. The molecule has 0 unspecified atom stereocenters. The number of aliphatic hydroxyl groups is 1. The Kier molecular flexibility index (Phi) is 8.52. The van der Waals surface area contributed by atoms with E-state index in [1.165, 1.54) is 77.0 Å². The van der Waals surface area contributed by atoms with Crippen LogP contribution in [-0.2, 0) is 0 Å². The molecule has 0 aromatic heterocycles. The average Bonchev–Trinajstić information content (AvgIpc) is 3.32. The van der Waals surface area contributed by atoms with E-state index in [0.717, 1.165) is 31.6 Å². The second-order valence-electron chi connectivity index (χ2n) is 8.01. The number of fused-ring (bicyclic) bond motifs is 1. The van der Waals surface area contributed by atoms with Crippen LogP contribution in [0.25, 0.3) is 0 Å². The van der Waals surface area contributed by atoms with Gasteiger partial charge >= 0.3 is 0 Å². The number of unbranched alkanes of at least 4 members (excludes halogenated alkanes) is 2. The quantitative estimate of drug-likeness (QED) is 0.472. The van der Waals surface area contributed by atoms with Gasteiger partial charge in [0.1, 0.15) is 5.60 Å². The second-order valence-corrected chi connectivity index (χ2v) is 8.01. The maximum absolute atomic E-state index is 11.2. The van der Waals surface area contributed by atoms with E-state index in [-0.39, 0.29) is 0 Å². The highest BCUT2D eigenvalue weighted by atomic mass is 16.3. The zero-order valence-corrected chi connectivity index (χ0v) is 15.4. The molecule has 132 valence electrons. The highest BCUT2D eigenvalue weighted by molar-refractivity contribution is 5.20. The molecule has 1 heteroatoms. The summed E-state index contributed by atoms with van der Waals surface area (Å²) < 4.78 is 0. The van der Waals surface area contributed by atoms with E-state index < -0.39 is 5.60 Å². The van der Waals surface area contributed by atoms with Gasteiger partial charge in [0.2, 0.25) is 0 Å². The van der Waals surface area contributed by atoms with Gasteiger partial charge in [0, 0.05) is 12.3 Å². The first kappa shape index (κ1) is 18.9. The number of hydrogen-bond acceptors (Lipinski definition) is 1. The van der Waals surface area contributed by atoms with E-state index in [1.54, 1.807) is 0 Å². The minimum absolute atomic E-state index is 0.474. The van der Waals surface area contributed by atoms with Crippen LogP contribution in [0.4, 0.5) is 0 Å². The van der Waals surface area contributed by atoms with Crippen molar-refractivity contribution in [3.8, 4) is 11.8 Å². The Labute approximate surface area is 144 Å². The summed E-state index contributed by atoms with van der Waals surface area (Å²) in [5.41, 5.74) is -0.668. The van der Waals surface area contributed by atoms with Crippen LogP contribution in [0.1, 0.15) is 110 Å². The first-order valence-electron chi connectivity index (χ1n) is 10.5. The van der Waals surface area contributed by atoms with Crippen LogP contribution in [0.3, 0.4) is 0 Å². The lowest BCUT2D eigenvalue weighted by Gasteiger charge is -2.23. The summed E-state index contributed by atoms with van der Waals surface area (Å²) in [6.45, 7) is 2.21. The summed E-state index contributed by atoms with van der Waals surface area (Å²) in [6, 6.07) is 0. The molecule has 0 radical (unpaired) electrons. The van der Waals surface area contributed by atoms with Gasteiger partial charge in [0.15, 0.2) is 0 Å². The van der Waals surface area contributed by atoms with E-state index in [2.05, 4.69) is 18.8 Å². The van der Waals surface area contributed by atoms with Gasteiger partial charge in [-0.25, -0.2) is 0 Å². The lowest BCUT2D eigenvalue weighted by atomic mass is 9.89. The lowest BCUT2D eigenvalue weighted by molar-refractivity contribution is 0.0591. The third-order valence-corrected chi connectivity index (χ3v) is 5.88. The zero-order valence-electron chi connectivity index (χ0n) is 15.4. The molecule has 2 rings (SSSR count). The van der Waals surface area contributed by atoms with Crippen molar-refractivity contribution in [2.75, 3.05) is 0 Å². The highest BCUT2D eigenvalue weighted by Crippen LogP contribution is 2.51. The largest absolute Gasteiger partial charge is 0.377 e. The SMILES string of the molecule is CCCCC#C[C@]1(O)CCCCCCCCCCCC[C@@H]2C[C@@H]21. The van der Waals surface area contributed by atoms with Crippen LogP contribution in [0, 0.1) is 23.7 Å². The molecule has 23 heavy (non-hydrogen) atoms. The molecule has 0 amide bonds. The Balaban J connectivity index is 1.89. The van der Waals surface area contributed by atoms with Crippen molar-refractivity contribution < 1.29 is 5.11 Å². The second kappa shape index (κ2) is 10.4. The van der Waals surface area contributed by atoms with Crippen LogP contribution in [0.15, 0.2) is 0 Å². The first-order chi connectivity index (χ1) is 11.3. The van der Waals surface area contributed by atoms with Gasteiger partial charge in [-0.2, -0.15) is 0 Å². The molecule has 1 N–H and O–H groups in total. The molecule has 0 bridgehead atoms. The van der Waals surface area contributed by atoms with Crippen molar-refractivity contribution in [1.29, 1.82) is 0 Å². The van der Waals surface area contributed by atoms with Gasteiger partial charge in [-0.15, -0.1) is 5.92 Å². The van der Waals surface area contributed by atoms with E-state index in [4.69, 9.17) is 0 Å². The van der Waals surface area contributed by atoms with Crippen LogP contribution >= 0.6 is 0 Å². The first-order valence-corrected chi connectivity index (χ1v) is 10.5. The molecular weight excluding hydrogens is 280 g/mol. The number of hydrogen-bond donors (Lipinski definition) is 1. The Morgan fingerprint density at radius 1 is 0.913 bits per heavy atom. The molecule has 0 aliphatic heterocycles. The molecule has 0 saturated heterocycles. The van der Waals surface area contributed by atoms with Gasteiger partial charge in [-0.3, -0.25) is 0 Å². The van der Waals surface area contributed by atoms with Crippen molar-refractivity contribution >= 4 is 0 Å². The summed E-state index contributed by atoms with van der Waals surface area (Å²) >= 11 is 0. The third kappa shape index (κ3) is 6.88. The van der Waals surface area contributed by atoms with Gasteiger partial charge in [-0.1, -0.05) is 83.5 Å². The number of rotatable bonds is 2. The van der Waals surface area contributed by atoms with E-state index in [1.807, 2.05) is 0 Å². The van der Waals surface area contributed by atoms with Crippen molar-refractivity contribution in [2.45, 2.75) is 115 Å². The molecule has 0 aromatic carbocycles. The Hall–Kier alpha value is -0.480. The summed E-state index contributed by atoms with van der Waals surface area (Å²) in [5.74, 6) is 7.85. The molecule has 2 aliphatic rings. The van der Waals surface area contributed by atoms with Crippen LogP contribution in [-0.4, -0.2) is 10.7 Å². The minimum atomic E-state index is -0.668. The van der Waals surface area contributed by atoms with Crippen molar-refractivity contribution in [3.63, 3.8) is 0 Å². The van der Waals surface area contributed by atoms with Gasteiger partial charge in [-0.05, 0) is 31.6 Å². The molecule has 2 aliphatic carbocycles. The highest BCUT2D eigenvalue weighted by Gasteiger charge is 2.50. The Morgan fingerprint density at radius 3 is 2.17 bits per heavy atom. The van der Waals surface area contributed by atoms with Crippen LogP contribution in [0.5, 0.6) is 0 Å². The Morgan fingerprint density at radius 2 is 1.52 bits per heavy atom. The van der Waals surface area contributed by atoms with E-state index >= 15 is 0 Å². The molecule has 0 aromatic rings. The predicted molar refractivity (Wildman–Crippen MR) is 99.3 cm³/mol. The lowest BCUT2D eigenvalue weighted by Crippen LogP contribution is -2.30. The van der Waals surface area contributed by atoms with Crippen molar-refractivity contribution in [1.82, 2.24) is 0 Å². The van der Waals surface area contributed by atoms with Crippen LogP contribution in [0.2, 0.25) is 0 Å². The average molecular weight is 319 g/mol. The zero-order chi connectivity index (χ0) is 16.4.